The molecule has 6 heterocycles. The van der Waals surface area contributed by atoms with Gasteiger partial charge in [0, 0.05) is 61.8 Å². The van der Waals surface area contributed by atoms with Gasteiger partial charge in [0.05, 0.1) is 29.5 Å². The average molecular weight is 686 g/mol. The summed E-state index contributed by atoms with van der Waals surface area (Å²) in [6.07, 6.45) is 10.3. The molecule has 0 unspecified atom stereocenters. The van der Waals surface area contributed by atoms with Gasteiger partial charge in [-0.05, 0) is 82.2 Å². The molecule has 1 N–H and O–H groups in total. The molecule has 3 aliphatic rings. The van der Waals surface area contributed by atoms with Gasteiger partial charge < -0.3 is 24.8 Å². The molecule has 0 radical (unpaired) electrons. The lowest BCUT2D eigenvalue weighted by Crippen LogP contribution is -2.50. The van der Waals surface area contributed by atoms with Gasteiger partial charge >= 0.3 is 6.09 Å². The first-order chi connectivity index (χ1) is 24.7. The highest BCUT2D eigenvalue weighted by Gasteiger charge is 2.47. The van der Waals surface area contributed by atoms with Crippen LogP contribution in [0.15, 0.2) is 85.5 Å². The molecule has 8 rings (SSSR count). The number of anilines is 3. The molecule has 0 aliphatic carbocycles. The first-order valence-electron chi connectivity index (χ1n) is 17.8. The van der Waals surface area contributed by atoms with Crippen LogP contribution in [-0.4, -0.2) is 90.4 Å². The number of nitrogens with one attached hydrogen (secondary N) is 1. The molecule has 0 spiro atoms. The smallest absolute Gasteiger partial charge is 0.410 e. The Bertz CT molecular complexity index is 2040. The number of piperidine rings is 1. The molecule has 3 aromatic heterocycles. The Morgan fingerprint density at radius 3 is 2.47 bits per heavy atom. The second-order valence-electron chi connectivity index (χ2n) is 14.8. The monoisotopic (exact) mass is 685 g/mol. The zero-order chi connectivity index (χ0) is 35.1. The van der Waals surface area contributed by atoms with Crippen molar-refractivity contribution in [2.45, 2.75) is 64.1 Å². The van der Waals surface area contributed by atoms with Crippen LogP contribution < -0.4 is 10.2 Å². The van der Waals surface area contributed by atoms with Crippen molar-refractivity contribution in [2.24, 2.45) is 5.92 Å². The van der Waals surface area contributed by atoms with Gasteiger partial charge in [-0.1, -0.05) is 30.3 Å². The van der Waals surface area contributed by atoms with E-state index in [1.807, 2.05) is 65.6 Å². The molecule has 3 aliphatic heterocycles. The molecule has 12 nitrogen and oxygen atoms in total. The van der Waals surface area contributed by atoms with Crippen molar-refractivity contribution in [3.63, 3.8) is 0 Å². The predicted molar refractivity (Wildman–Crippen MR) is 195 cm³/mol. The Morgan fingerprint density at radius 2 is 1.75 bits per heavy atom. The second kappa shape index (κ2) is 13.3. The third-order valence-corrected chi connectivity index (χ3v) is 10.1. The number of ether oxygens (including phenoxy) is 1. The largest absolute Gasteiger partial charge is 0.444 e. The number of likely N-dealkylation sites (tertiary alicyclic amines) is 2. The molecule has 2 amide bonds. The minimum atomic E-state index is -0.536. The molecule has 5 aromatic rings. The van der Waals surface area contributed by atoms with Crippen LogP contribution in [0.25, 0.3) is 16.6 Å². The fourth-order valence-corrected chi connectivity index (χ4v) is 7.68. The molecule has 3 fully saturated rings. The summed E-state index contributed by atoms with van der Waals surface area (Å²) in [5, 5.41) is 9.17. The third-order valence-electron chi connectivity index (χ3n) is 10.1. The molecule has 3 saturated heterocycles. The Balaban J connectivity index is 1.05. The third kappa shape index (κ3) is 6.82. The maximum absolute atomic E-state index is 13.9. The van der Waals surface area contributed by atoms with Crippen LogP contribution in [0.2, 0.25) is 0 Å². The summed E-state index contributed by atoms with van der Waals surface area (Å²) < 4.78 is 7.53. The van der Waals surface area contributed by atoms with Gasteiger partial charge in [0.2, 0.25) is 0 Å². The number of benzene rings is 2. The van der Waals surface area contributed by atoms with Crippen LogP contribution in [0.3, 0.4) is 0 Å². The highest BCUT2D eigenvalue weighted by molar-refractivity contribution is 6.01. The minimum Gasteiger partial charge on any atom is -0.444 e. The normalized spacial score (nSPS) is 19.2. The van der Waals surface area contributed by atoms with Crippen molar-refractivity contribution in [1.82, 2.24) is 34.5 Å². The molecular formula is C39H43N9O3. The molecule has 51 heavy (non-hydrogen) atoms. The number of amides is 2. The van der Waals surface area contributed by atoms with E-state index in [9.17, 15) is 9.59 Å². The van der Waals surface area contributed by atoms with Crippen LogP contribution in [0.4, 0.5) is 22.2 Å². The summed E-state index contributed by atoms with van der Waals surface area (Å²) in [6.45, 7) is 8.43. The van der Waals surface area contributed by atoms with Crippen molar-refractivity contribution in [1.29, 1.82) is 0 Å². The number of pyridine rings is 1. The minimum absolute atomic E-state index is 0.0318. The lowest BCUT2D eigenvalue weighted by Gasteiger charge is -2.35. The van der Waals surface area contributed by atoms with Crippen LogP contribution in [0, 0.1) is 5.92 Å². The van der Waals surface area contributed by atoms with E-state index in [2.05, 4.69) is 50.5 Å². The van der Waals surface area contributed by atoms with E-state index in [1.54, 1.807) is 24.8 Å². The van der Waals surface area contributed by atoms with Gasteiger partial charge in [0.15, 0.2) is 5.82 Å². The van der Waals surface area contributed by atoms with Crippen LogP contribution in [0.5, 0.6) is 0 Å². The number of aromatic nitrogens is 5. The van der Waals surface area contributed by atoms with Crippen molar-refractivity contribution in [3.05, 3.63) is 96.6 Å². The number of carbonyl (C=O) groups excluding carboxylic acids is 2. The van der Waals surface area contributed by atoms with E-state index >= 15 is 0 Å². The summed E-state index contributed by atoms with van der Waals surface area (Å²) in [7, 11) is 0. The average Bonchev–Trinajstić information content (AvgIpc) is 3.85. The zero-order valence-electron chi connectivity index (χ0n) is 29.3. The first-order valence-corrected chi connectivity index (χ1v) is 17.8. The summed E-state index contributed by atoms with van der Waals surface area (Å²) in [4.78, 5) is 46.2. The molecule has 0 saturated carbocycles. The predicted octanol–water partition coefficient (Wildman–Crippen LogP) is 6.25. The molecule has 2 atom stereocenters. The van der Waals surface area contributed by atoms with Crippen molar-refractivity contribution in [3.8, 4) is 5.69 Å². The topological polar surface area (TPSA) is 122 Å². The summed E-state index contributed by atoms with van der Waals surface area (Å²) in [6, 6.07) is 20.6. The van der Waals surface area contributed by atoms with Crippen LogP contribution in [-0.2, 0) is 11.2 Å². The number of rotatable bonds is 7. The van der Waals surface area contributed by atoms with Gasteiger partial charge in [0.1, 0.15) is 17.2 Å². The second-order valence-corrected chi connectivity index (χ2v) is 14.8. The molecule has 12 heteroatoms. The van der Waals surface area contributed by atoms with Crippen LogP contribution in [0.1, 0.15) is 56.0 Å². The van der Waals surface area contributed by atoms with E-state index in [0.717, 1.165) is 61.2 Å². The van der Waals surface area contributed by atoms with Crippen LogP contribution >= 0.6 is 0 Å². The fourth-order valence-electron chi connectivity index (χ4n) is 7.68. The molecule has 2 bridgehead atoms. The van der Waals surface area contributed by atoms with E-state index in [1.165, 1.54) is 5.56 Å². The molecular weight excluding hydrogens is 642 g/mol. The van der Waals surface area contributed by atoms with Gasteiger partial charge in [-0.25, -0.2) is 19.4 Å². The van der Waals surface area contributed by atoms with Gasteiger partial charge in [-0.15, -0.1) is 5.10 Å². The number of nitrogens with zero attached hydrogens (tertiary/aromatic N) is 8. The van der Waals surface area contributed by atoms with Crippen molar-refractivity contribution in [2.75, 3.05) is 36.4 Å². The van der Waals surface area contributed by atoms with Gasteiger partial charge in [0.25, 0.3) is 5.91 Å². The van der Waals surface area contributed by atoms with E-state index in [0.29, 0.717) is 36.2 Å². The lowest BCUT2D eigenvalue weighted by molar-refractivity contribution is 0.0214. The molecule has 2 aromatic carbocycles. The van der Waals surface area contributed by atoms with Gasteiger partial charge in [-0.3, -0.25) is 9.78 Å². The maximum Gasteiger partial charge on any atom is 0.410 e. The Labute approximate surface area is 297 Å². The standard InChI is InChI=1S/C39H43N9O3/c1-39(2,3)51-38(50)47-25-30-21-31(47)24-46(30)35-22-29(11-14-42-35)48-33-20-28(9-10-32(33)36(44-48)43-34-23-40-15-16-41-34)37(49)45-17-12-27(13-18-45)19-26-7-5-4-6-8-26/h4-11,14-16,20,22-23,27,30-31H,12-13,17-19,21,24-25H2,1-3H3,(H,41,43,44)/t30-,31-/m0/s1. The van der Waals surface area contributed by atoms with Crippen molar-refractivity contribution >= 4 is 40.4 Å². The summed E-state index contributed by atoms with van der Waals surface area (Å²) in [5.74, 6) is 2.60. The number of hydrogen-bond acceptors (Lipinski definition) is 9. The van der Waals surface area contributed by atoms with E-state index < -0.39 is 5.60 Å². The SMILES string of the molecule is CC(C)(C)OC(=O)N1C[C@@H]2C[C@H]1CN2c1cc(-n2nc(Nc3cnccn3)c3ccc(C(=O)N4CCC(Cc5ccccc5)CC4)cc32)ccn1. The van der Waals surface area contributed by atoms with E-state index in [-0.39, 0.29) is 24.1 Å². The number of hydrogen-bond donors (Lipinski definition) is 1. The molecule has 262 valence electrons. The maximum atomic E-state index is 13.9. The van der Waals surface area contributed by atoms with Gasteiger partial charge in [-0.2, -0.15) is 0 Å². The Hall–Kier alpha value is -5.52. The first kappa shape index (κ1) is 32.7. The van der Waals surface area contributed by atoms with Crippen molar-refractivity contribution < 1.29 is 14.3 Å². The number of fused-ring (bicyclic) bond motifs is 3. The Kier molecular flexibility index (Phi) is 8.53. The summed E-state index contributed by atoms with van der Waals surface area (Å²) >= 11 is 0. The number of piperazine rings is 1. The summed E-state index contributed by atoms with van der Waals surface area (Å²) in [5.41, 5.74) is 3.06. The highest BCUT2D eigenvalue weighted by atomic mass is 16.6. The quantitative estimate of drug-likeness (QED) is 0.212. The highest BCUT2D eigenvalue weighted by Crippen LogP contribution is 2.36. The Morgan fingerprint density at radius 1 is 0.922 bits per heavy atom. The lowest BCUT2D eigenvalue weighted by atomic mass is 9.90. The van der Waals surface area contributed by atoms with E-state index in [4.69, 9.17) is 14.8 Å². The zero-order valence-corrected chi connectivity index (χ0v) is 29.3. The fraction of sp³-hybridized carbons (Fsp3) is 0.385. The number of carbonyl (C=O) groups is 2.